The molecule has 0 amide bonds. The Morgan fingerprint density at radius 3 is 2.54 bits per heavy atom. The van der Waals surface area contributed by atoms with E-state index in [-0.39, 0.29) is 0 Å². The van der Waals surface area contributed by atoms with Crippen molar-refractivity contribution in [3.63, 3.8) is 0 Å². The Balaban J connectivity index is 3.05. The largest absolute Gasteiger partial charge is 0.396 e. The standard InChI is InChI=1S/C10H22O3/c1-3-10(9-11)5-4-6-13-8-7-12-2/h10-11H,3-9H2,1-2H3. The van der Waals surface area contributed by atoms with E-state index in [1.165, 1.54) is 0 Å². The minimum Gasteiger partial charge on any atom is -0.396 e. The Labute approximate surface area is 81.0 Å². The SMILES string of the molecule is CCC(CO)CCCOCCOC. The summed E-state index contributed by atoms with van der Waals surface area (Å²) in [4.78, 5) is 0. The molecule has 0 fully saturated rings. The second kappa shape index (κ2) is 9.96. The normalized spacial score (nSPS) is 13.2. The van der Waals surface area contributed by atoms with E-state index in [0.29, 0.717) is 25.7 Å². The first-order chi connectivity index (χ1) is 6.35. The van der Waals surface area contributed by atoms with E-state index in [0.717, 1.165) is 25.9 Å². The molecule has 0 saturated heterocycles. The van der Waals surface area contributed by atoms with Crippen molar-refractivity contribution in [1.82, 2.24) is 0 Å². The molecule has 1 unspecified atom stereocenters. The highest BCUT2D eigenvalue weighted by Crippen LogP contribution is 2.09. The van der Waals surface area contributed by atoms with Gasteiger partial charge in [0.2, 0.25) is 0 Å². The third kappa shape index (κ3) is 8.22. The van der Waals surface area contributed by atoms with Crippen LogP contribution in [0.25, 0.3) is 0 Å². The maximum Gasteiger partial charge on any atom is 0.0700 e. The van der Waals surface area contributed by atoms with Gasteiger partial charge in [-0.2, -0.15) is 0 Å². The van der Waals surface area contributed by atoms with Crippen LogP contribution >= 0.6 is 0 Å². The Morgan fingerprint density at radius 2 is 2.00 bits per heavy atom. The predicted molar refractivity (Wildman–Crippen MR) is 52.8 cm³/mol. The minimum atomic E-state index is 0.300. The molecule has 0 aliphatic heterocycles. The molecule has 0 radical (unpaired) electrons. The number of hydrogen-bond donors (Lipinski definition) is 1. The van der Waals surface area contributed by atoms with E-state index >= 15 is 0 Å². The summed E-state index contributed by atoms with van der Waals surface area (Å²) in [6.45, 7) is 4.52. The fourth-order valence-electron chi connectivity index (χ4n) is 1.14. The Kier molecular flexibility index (Phi) is 9.87. The monoisotopic (exact) mass is 190 g/mol. The number of methoxy groups -OCH3 is 1. The van der Waals surface area contributed by atoms with Gasteiger partial charge in [-0.15, -0.1) is 0 Å². The molecule has 0 aliphatic carbocycles. The molecule has 0 heterocycles. The lowest BCUT2D eigenvalue weighted by atomic mass is 10.0. The van der Waals surface area contributed by atoms with Crippen molar-refractivity contribution >= 4 is 0 Å². The van der Waals surface area contributed by atoms with Crippen molar-refractivity contribution in [2.45, 2.75) is 26.2 Å². The van der Waals surface area contributed by atoms with Crippen LogP contribution in [0.2, 0.25) is 0 Å². The Bertz CT molecular complexity index is 92.2. The summed E-state index contributed by atoms with van der Waals surface area (Å²) >= 11 is 0. The van der Waals surface area contributed by atoms with E-state index in [2.05, 4.69) is 6.92 Å². The van der Waals surface area contributed by atoms with Gasteiger partial charge in [-0.05, 0) is 18.8 Å². The maximum atomic E-state index is 8.91. The number of rotatable bonds is 9. The van der Waals surface area contributed by atoms with Crippen molar-refractivity contribution in [3.8, 4) is 0 Å². The van der Waals surface area contributed by atoms with Gasteiger partial charge in [0.1, 0.15) is 0 Å². The van der Waals surface area contributed by atoms with Gasteiger partial charge in [0, 0.05) is 20.3 Å². The van der Waals surface area contributed by atoms with Gasteiger partial charge in [0.15, 0.2) is 0 Å². The molecule has 0 aromatic carbocycles. The molecule has 13 heavy (non-hydrogen) atoms. The van der Waals surface area contributed by atoms with Crippen LogP contribution in [0, 0.1) is 5.92 Å². The van der Waals surface area contributed by atoms with Crippen LogP contribution in [0.15, 0.2) is 0 Å². The first kappa shape index (κ1) is 12.9. The lowest BCUT2D eigenvalue weighted by molar-refractivity contribution is 0.0656. The second-order valence-electron chi connectivity index (χ2n) is 3.20. The van der Waals surface area contributed by atoms with E-state index in [1.54, 1.807) is 7.11 Å². The van der Waals surface area contributed by atoms with E-state index in [9.17, 15) is 0 Å². The van der Waals surface area contributed by atoms with Gasteiger partial charge in [0.25, 0.3) is 0 Å². The molecule has 1 atom stereocenters. The third-order valence-corrected chi connectivity index (χ3v) is 2.17. The average Bonchev–Trinajstić information content (AvgIpc) is 2.17. The van der Waals surface area contributed by atoms with Gasteiger partial charge in [0.05, 0.1) is 13.2 Å². The summed E-state index contributed by atoms with van der Waals surface area (Å²) < 4.78 is 10.2. The summed E-state index contributed by atoms with van der Waals surface area (Å²) in [5.74, 6) is 0.450. The number of hydrogen-bond acceptors (Lipinski definition) is 3. The zero-order valence-electron chi connectivity index (χ0n) is 8.79. The van der Waals surface area contributed by atoms with Crippen LogP contribution in [0.4, 0.5) is 0 Å². The van der Waals surface area contributed by atoms with Crippen molar-refractivity contribution in [3.05, 3.63) is 0 Å². The van der Waals surface area contributed by atoms with Crippen LogP contribution in [-0.2, 0) is 9.47 Å². The quantitative estimate of drug-likeness (QED) is 0.559. The van der Waals surface area contributed by atoms with Crippen molar-refractivity contribution < 1.29 is 14.6 Å². The van der Waals surface area contributed by atoms with Gasteiger partial charge < -0.3 is 14.6 Å². The van der Waals surface area contributed by atoms with Crippen LogP contribution in [0.3, 0.4) is 0 Å². The third-order valence-electron chi connectivity index (χ3n) is 2.17. The summed E-state index contributed by atoms with van der Waals surface area (Å²) in [7, 11) is 1.67. The van der Waals surface area contributed by atoms with Gasteiger partial charge in [-0.25, -0.2) is 0 Å². The van der Waals surface area contributed by atoms with Crippen LogP contribution in [0.5, 0.6) is 0 Å². The molecule has 3 nitrogen and oxygen atoms in total. The van der Waals surface area contributed by atoms with E-state index in [1.807, 2.05) is 0 Å². The lowest BCUT2D eigenvalue weighted by Crippen LogP contribution is -2.08. The van der Waals surface area contributed by atoms with E-state index < -0.39 is 0 Å². The highest BCUT2D eigenvalue weighted by molar-refractivity contribution is 4.54. The summed E-state index contributed by atoms with van der Waals surface area (Å²) in [5.41, 5.74) is 0. The number of ether oxygens (including phenoxy) is 2. The Morgan fingerprint density at radius 1 is 1.23 bits per heavy atom. The topological polar surface area (TPSA) is 38.7 Å². The molecule has 0 rings (SSSR count). The summed E-state index contributed by atoms with van der Waals surface area (Å²) in [5, 5.41) is 8.91. The number of aliphatic hydroxyl groups excluding tert-OH is 1. The number of aliphatic hydroxyl groups is 1. The molecular weight excluding hydrogens is 168 g/mol. The molecular formula is C10H22O3. The van der Waals surface area contributed by atoms with Gasteiger partial charge >= 0.3 is 0 Å². The zero-order chi connectivity index (χ0) is 9.94. The maximum absolute atomic E-state index is 8.91. The molecule has 3 heteroatoms. The molecule has 0 saturated carbocycles. The second-order valence-corrected chi connectivity index (χ2v) is 3.20. The average molecular weight is 190 g/mol. The summed E-state index contributed by atoms with van der Waals surface area (Å²) in [6.07, 6.45) is 3.14. The van der Waals surface area contributed by atoms with Crippen molar-refractivity contribution in [2.75, 3.05) is 33.5 Å². The van der Waals surface area contributed by atoms with Crippen molar-refractivity contribution in [1.29, 1.82) is 0 Å². The molecule has 0 aliphatic rings. The Hall–Kier alpha value is -0.120. The molecule has 0 spiro atoms. The highest BCUT2D eigenvalue weighted by atomic mass is 16.5. The smallest absolute Gasteiger partial charge is 0.0700 e. The van der Waals surface area contributed by atoms with E-state index in [4.69, 9.17) is 14.6 Å². The molecule has 80 valence electrons. The fourth-order valence-corrected chi connectivity index (χ4v) is 1.14. The molecule has 0 aromatic rings. The molecule has 0 aromatic heterocycles. The van der Waals surface area contributed by atoms with Gasteiger partial charge in [-0.1, -0.05) is 13.3 Å². The van der Waals surface area contributed by atoms with Crippen LogP contribution < -0.4 is 0 Å². The van der Waals surface area contributed by atoms with Crippen LogP contribution in [0.1, 0.15) is 26.2 Å². The first-order valence-electron chi connectivity index (χ1n) is 5.02. The lowest BCUT2D eigenvalue weighted by Gasteiger charge is -2.10. The molecule has 1 N–H and O–H groups in total. The highest BCUT2D eigenvalue weighted by Gasteiger charge is 2.03. The summed E-state index contributed by atoms with van der Waals surface area (Å²) in [6, 6.07) is 0. The molecule has 0 bridgehead atoms. The fraction of sp³-hybridized carbons (Fsp3) is 1.00. The van der Waals surface area contributed by atoms with Crippen molar-refractivity contribution in [2.24, 2.45) is 5.92 Å². The predicted octanol–water partition coefficient (Wildman–Crippen LogP) is 1.45. The zero-order valence-corrected chi connectivity index (χ0v) is 8.79. The van der Waals surface area contributed by atoms with Gasteiger partial charge in [-0.3, -0.25) is 0 Å². The minimum absolute atomic E-state index is 0.300. The first-order valence-corrected chi connectivity index (χ1v) is 5.02. The van der Waals surface area contributed by atoms with Crippen LogP contribution in [-0.4, -0.2) is 38.6 Å².